The molecule has 2 fully saturated rings. The minimum atomic E-state index is -0.759. The Bertz CT molecular complexity index is 489. The van der Waals surface area contributed by atoms with Gasteiger partial charge >= 0.3 is 12.1 Å². The van der Waals surface area contributed by atoms with Gasteiger partial charge in [0.05, 0.1) is 17.9 Å². The third kappa shape index (κ3) is 3.59. The molecule has 2 aliphatic heterocycles. The minimum Gasteiger partial charge on any atom is -0.466 e. The number of nitrogens with one attached hydrogen (secondary N) is 1. The average molecular weight is 326 g/mol. The van der Waals surface area contributed by atoms with Crippen LogP contribution in [0, 0.1) is 11.3 Å². The SMILES string of the molecule is CCOC(=O)[C@@H]1CNC(=O)C12CCN(C(=O)OC(C)(C)C)CC2. The summed E-state index contributed by atoms with van der Waals surface area (Å²) in [6.07, 6.45) is 0.516. The molecule has 1 spiro atoms. The first-order valence-electron chi connectivity index (χ1n) is 8.12. The normalized spacial score (nSPS) is 23.6. The molecule has 0 bridgehead atoms. The van der Waals surface area contributed by atoms with Gasteiger partial charge in [0.2, 0.25) is 5.91 Å². The maximum absolute atomic E-state index is 12.3. The second kappa shape index (κ2) is 6.37. The Morgan fingerprint density at radius 1 is 1.30 bits per heavy atom. The van der Waals surface area contributed by atoms with E-state index >= 15 is 0 Å². The number of carbonyl (C=O) groups excluding carboxylic acids is 3. The lowest BCUT2D eigenvalue weighted by Gasteiger charge is -2.40. The fraction of sp³-hybridized carbons (Fsp3) is 0.812. The maximum atomic E-state index is 12.3. The van der Waals surface area contributed by atoms with Crippen LogP contribution in [0.2, 0.25) is 0 Å². The molecule has 0 aromatic carbocycles. The van der Waals surface area contributed by atoms with E-state index in [1.807, 2.05) is 20.8 Å². The topological polar surface area (TPSA) is 84.9 Å². The van der Waals surface area contributed by atoms with Crippen molar-refractivity contribution in [2.24, 2.45) is 11.3 Å². The molecule has 7 nitrogen and oxygen atoms in total. The fourth-order valence-electron chi connectivity index (χ4n) is 3.27. The summed E-state index contributed by atoms with van der Waals surface area (Å²) in [4.78, 5) is 38.2. The summed E-state index contributed by atoms with van der Waals surface area (Å²) in [7, 11) is 0. The molecule has 130 valence electrons. The summed E-state index contributed by atoms with van der Waals surface area (Å²) < 4.78 is 10.5. The fourth-order valence-corrected chi connectivity index (χ4v) is 3.27. The van der Waals surface area contributed by atoms with Crippen molar-refractivity contribution in [2.45, 2.75) is 46.1 Å². The summed E-state index contributed by atoms with van der Waals surface area (Å²) in [6.45, 7) is 8.61. The first-order valence-corrected chi connectivity index (χ1v) is 8.12. The molecule has 0 saturated carbocycles. The van der Waals surface area contributed by atoms with E-state index in [0.717, 1.165) is 0 Å². The van der Waals surface area contributed by atoms with Crippen molar-refractivity contribution < 1.29 is 23.9 Å². The van der Waals surface area contributed by atoms with Crippen molar-refractivity contribution in [3.63, 3.8) is 0 Å². The van der Waals surface area contributed by atoms with E-state index < -0.39 is 16.9 Å². The Balaban J connectivity index is 2.04. The van der Waals surface area contributed by atoms with Crippen LogP contribution in [0.3, 0.4) is 0 Å². The monoisotopic (exact) mass is 326 g/mol. The van der Waals surface area contributed by atoms with Crippen molar-refractivity contribution in [3.8, 4) is 0 Å². The highest BCUT2D eigenvalue weighted by molar-refractivity contribution is 5.92. The van der Waals surface area contributed by atoms with Crippen molar-refractivity contribution in [1.29, 1.82) is 0 Å². The Morgan fingerprint density at radius 3 is 2.43 bits per heavy atom. The van der Waals surface area contributed by atoms with Crippen molar-refractivity contribution in [2.75, 3.05) is 26.2 Å². The predicted octanol–water partition coefficient (Wildman–Crippen LogP) is 1.31. The van der Waals surface area contributed by atoms with E-state index in [1.54, 1.807) is 11.8 Å². The highest BCUT2D eigenvalue weighted by atomic mass is 16.6. The largest absolute Gasteiger partial charge is 0.466 e. The highest BCUT2D eigenvalue weighted by Crippen LogP contribution is 2.43. The third-order valence-corrected chi connectivity index (χ3v) is 4.46. The third-order valence-electron chi connectivity index (χ3n) is 4.46. The van der Waals surface area contributed by atoms with Gasteiger partial charge in [-0.2, -0.15) is 0 Å². The van der Waals surface area contributed by atoms with Gasteiger partial charge in [-0.3, -0.25) is 9.59 Å². The molecule has 0 unspecified atom stereocenters. The lowest BCUT2D eigenvalue weighted by atomic mass is 9.70. The summed E-state index contributed by atoms with van der Waals surface area (Å²) in [5.41, 5.74) is -1.31. The summed E-state index contributed by atoms with van der Waals surface area (Å²) in [6, 6.07) is 0. The lowest BCUT2D eigenvalue weighted by Crippen LogP contribution is -2.50. The molecular weight excluding hydrogens is 300 g/mol. The first kappa shape index (κ1) is 17.6. The summed E-state index contributed by atoms with van der Waals surface area (Å²) >= 11 is 0. The molecule has 23 heavy (non-hydrogen) atoms. The lowest BCUT2D eigenvalue weighted by molar-refractivity contribution is -0.155. The van der Waals surface area contributed by atoms with Crippen LogP contribution >= 0.6 is 0 Å². The van der Waals surface area contributed by atoms with Gasteiger partial charge in [0.15, 0.2) is 0 Å². The molecule has 1 atom stereocenters. The van der Waals surface area contributed by atoms with E-state index in [9.17, 15) is 14.4 Å². The summed E-state index contributed by atoms with van der Waals surface area (Å²) in [5.74, 6) is -0.924. The molecule has 2 heterocycles. The molecule has 0 aliphatic carbocycles. The van der Waals surface area contributed by atoms with Crippen LogP contribution in [0.25, 0.3) is 0 Å². The van der Waals surface area contributed by atoms with Crippen molar-refractivity contribution in [1.82, 2.24) is 10.2 Å². The Morgan fingerprint density at radius 2 is 1.91 bits per heavy atom. The molecule has 2 saturated heterocycles. The van der Waals surface area contributed by atoms with Gasteiger partial charge in [0.25, 0.3) is 0 Å². The molecular formula is C16H26N2O5. The van der Waals surface area contributed by atoms with Crippen molar-refractivity contribution in [3.05, 3.63) is 0 Å². The smallest absolute Gasteiger partial charge is 0.410 e. The predicted molar refractivity (Wildman–Crippen MR) is 82.6 cm³/mol. The van der Waals surface area contributed by atoms with E-state index in [1.165, 1.54) is 0 Å². The van der Waals surface area contributed by atoms with Crippen LogP contribution in [0.4, 0.5) is 4.79 Å². The molecule has 2 rings (SSSR count). The zero-order valence-corrected chi connectivity index (χ0v) is 14.3. The average Bonchev–Trinajstić information content (AvgIpc) is 2.75. The standard InChI is InChI=1S/C16H26N2O5/c1-5-22-12(19)11-10-17-13(20)16(11)6-8-18(9-7-16)14(21)23-15(2,3)4/h11H,5-10H2,1-4H3,(H,17,20)/t11-/m0/s1. The number of ether oxygens (including phenoxy) is 2. The van der Waals surface area contributed by atoms with Crippen LogP contribution in [0.1, 0.15) is 40.5 Å². The number of piperidine rings is 1. The number of amides is 2. The molecule has 1 N–H and O–H groups in total. The number of likely N-dealkylation sites (tertiary alicyclic amines) is 1. The van der Waals surface area contributed by atoms with E-state index in [2.05, 4.69) is 5.32 Å². The highest BCUT2D eigenvalue weighted by Gasteiger charge is 2.55. The second-order valence-corrected chi connectivity index (χ2v) is 7.14. The van der Waals surface area contributed by atoms with Crippen LogP contribution in [-0.4, -0.2) is 54.7 Å². The number of carbonyl (C=O) groups is 3. The number of esters is 1. The van der Waals surface area contributed by atoms with Gasteiger partial charge < -0.3 is 19.7 Å². The molecule has 0 radical (unpaired) electrons. The molecule has 0 aromatic heterocycles. The van der Waals surface area contributed by atoms with Gasteiger partial charge in [-0.25, -0.2) is 4.79 Å². The van der Waals surface area contributed by atoms with Crippen LogP contribution in [-0.2, 0) is 19.1 Å². The zero-order chi connectivity index (χ0) is 17.3. The number of nitrogens with zero attached hydrogens (tertiary/aromatic N) is 1. The molecule has 2 aliphatic rings. The van der Waals surface area contributed by atoms with Crippen molar-refractivity contribution >= 4 is 18.0 Å². The maximum Gasteiger partial charge on any atom is 0.410 e. The second-order valence-electron chi connectivity index (χ2n) is 7.14. The van der Waals surface area contributed by atoms with Crippen LogP contribution in [0.5, 0.6) is 0 Å². The van der Waals surface area contributed by atoms with Gasteiger partial charge in [-0.05, 0) is 40.5 Å². The molecule has 2 amide bonds. The van der Waals surface area contributed by atoms with E-state index in [4.69, 9.17) is 9.47 Å². The Hall–Kier alpha value is -1.79. The Labute approximate surface area is 136 Å². The molecule has 7 heteroatoms. The van der Waals surface area contributed by atoms with Gasteiger partial charge in [-0.1, -0.05) is 0 Å². The van der Waals surface area contributed by atoms with Gasteiger partial charge in [0, 0.05) is 19.6 Å². The van der Waals surface area contributed by atoms with E-state index in [-0.39, 0.29) is 18.0 Å². The van der Waals surface area contributed by atoms with Crippen LogP contribution < -0.4 is 5.32 Å². The minimum absolute atomic E-state index is 0.112. The number of hydrogen-bond donors (Lipinski definition) is 1. The van der Waals surface area contributed by atoms with Gasteiger partial charge in [0.1, 0.15) is 5.60 Å². The zero-order valence-electron chi connectivity index (χ0n) is 14.3. The van der Waals surface area contributed by atoms with E-state index in [0.29, 0.717) is 39.1 Å². The quantitative estimate of drug-likeness (QED) is 0.774. The number of hydrogen-bond acceptors (Lipinski definition) is 5. The summed E-state index contributed by atoms with van der Waals surface area (Å²) in [5, 5.41) is 2.78. The first-order chi connectivity index (χ1) is 10.7. The molecule has 0 aromatic rings. The van der Waals surface area contributed by atoms with Crippen LogP contribution in [0.15, 0.2) is 0 Å². The van der Waals surface area contributed by atoms with Gasteiger partial charge in [-0.15, -0.1) is 0 Å². The number of rotatable bonds is 2. The Kier molecular flexibility index (Phi) is 4.87.